The van der Waals surface area contributed by atoms with Gasteiger partial charge in [0.25, 0.3) is 0 Å². The van der Waals surface area contributed by atoms with E-state index in [0.717, 1.165) is 22.1 Å². The maximum atomic E-state index is 12.2. The number of hydrogen-bond donors (Lipinski definition) is 2. The van der Waals surface area contributed by atoms with Crippen LogP contribution < -0.4 is 11.1 Å². The highest BCUT2D eigenvalue weighted by atomic mass is 16.2. The fraction of sp³-hybridized carbons (Fsp3) is 0.211. The lowest BCUT2D eigenvalue weighted by molar-refractivity contribution is 0.156. The van der Waals surface area contributed by atoms with Crippen molar-refractivity contribution in [2.24, 2.45) is 5.92 Å². The Bertz CT molecular complexity index is 1080. The fourth-order valence-corrected chi connectivity index (χ4v) is 3.08. The van der Waals surface area contributed by atoms with Gasteiger partial charge in [-0.25, -0.2) is 4.79 Å². The Hall–Kier alpha value is -3.73. The van der Waals surface area contributed by atoms with Crippen molar-refractivity contribution in [2.75, 3.05) is 24.1 Å². The Kier molecular flexibility index (Phi) is 4.05. The Labute approximate surface area is 155 Å². The Morgan fingerprint density at radius 1 is 1.33 bits per heavy atom. The molecular weight excluding hydrogens is 342 g/mol. The van der Waals surface area contributed by atoms with Crippen molar-refractivity contribution in [1.29, 1.82) is 5.26 Å². The first-order chi connectivity index (χ1) is 13.0. The highest BCUT2D eigenvalue weighted by molar-refractivity contribution is 5.96. The van der Waals surface area contributed by atoms with Crippen LogP contribution in [0.25, 0.3) is 22.0 Å². The molecule has 1 fully saturated rings. The summed E-state index contributed by atoms with van der Waals surface area (Å²) in [6, 6.07) is 9.33. The number of fused-ring (bicyclic) bond motifs is 1. The van der Waals surface area contributed by atoms with Crippen LogP contribution in [0, 0.1) is 24.2 Å². The molecular formula is C19H17N7O. The van der Waals surface area contributed by atoms with Gasteiger partial charge in [0.1, 0.15) is 5.52 Å². The van der Waals surface area contributed by atoms with Gasteiger partial charge in [0, 0.05) is 36.4 Å². The van der Waals surface area contributed by atoms with E-state index in [1.807, 2.05) is 25.1 Å². The van der Waals surface area contributed by atoms with Gasteiger partial charge in [-0.15, -0.1) is 10.2 Å². The van der Waals surface area contributed by atoms with Crippen LogP contribution in [0.3, 0.4) is 0 Å². The number of rotatable bonds is 2. The predicted molar refractivity (Wildman–Crippen MR) is 102 cm³/mol. The van der Waals surface area contributed by atoms with Crippen LogP contribution in [0.15, 0.2) is 36.7 Å². The third-order valence-electron chi connectivity index (χ3n) is 4.66. The number of nitrogens with two attached hydrogens (primary N) is 1. The van der Waals surface area contributed by atoms with E-state index in [0.29, 0.717) is 30.1 Å². The van der Waals surface area contributed by atoms with E-state index in [-0.39, 0.29) is 11.9 Å². The van der Waals surface area contributed by atoms with Crippen LogP contribution in [-0.2, 0) is 0 Å². The fourth-order valence-electron chi connectivity index (χ4n) is 3.08. The summed E-state index contributed by atoms with van der Waals surface area (Å²) < 4.78 is 0. The first-order valence-corrected chi connectivity index (χ1v) is 8.48. The monoisotopic (exact) mass is 359 g/mol. The first kappa shape index (κ1) is 16.7. The van der Waals surface area contributed by atoms with Crippen molar-refractivity contribution in [3.05, 3.63) is 42.2 Å². The van der Waals surface area contributed by atoms with E-state index >= 15 is 0 Å². The van der Waals surface area contributed by atoms with Gasteiger partial charge in [0.15, 0.2) is 5.82 Å². The molecule has 0 aliphatic carbocycles. The number of pyridine rings is 1. The van der Waals surface area contributed by atoms with Crippen molar-refractivity contribution in [1.82, 2.24) is 20.1 Å². The Morgan fingerprint density at radius 3 is 2.89 bits per heavy atom. The highest BCUT2D eigenvalue weighted by Crippen LogP contribution is 2.30. The summed E-state index contributed by atoms with van der Waals surface area (Å²) in [6.45, 7) is 2.87. The van der Waals surface area contributed by atoms with E-state index in [9.17, 15) is 4.79 Å². The van der Waals surface area contributed by atoms with Crippen molar-refractivity contribution in [2.45, 2.75) is 6.92 Å². The number of hydrogen-bond acceptors (Lipinski definition) is 6. The molecule has 3 heterocycles. The number of carbonyl (C=O) groups is 1. The summed E-state index contributed by atoms with van der Waals surface area (Å²) in [5.74, 6) is 0.246. The molecule has 8 heteroatoms. The molecule has 2 amide bonds. The smallest absolute Gasteiger partial charge is 0.323 e. The first-order valence-electron chi connectivity index (χ1n) is 8.48. The highest BCUT2D eigenvalue weighted by Gasteiger charge is 2.30. The number of carbonyl (C=O) groups excluding carboxylic acids is 1. The lowest BCUT2D eigenvalue weighted by atomic mass is 10.0. The molecule has 27 heavy (non-hydrogen) atoms. The number of nitrogen functional groups attached to an aromatic ring is 1. The average Bonchev–Trinajstić information content (AvgIpc) is 2.61. The summed E-state index contributed by atoms with van der Waals surface area (Å²) in [5, 5.41) is 20.5. The summed E-state index contributed by atoms with van der Waals surface area (Å²) in [5.41, 5.74) is 10.2. The largest absolute Gasteiger partial charge is 0.397 e. The second kappa shape index (κ2) is 6.53. The van der Waals surface area contributed by atoms with Gasteiger partial charge >= 0.3 is 6.03 Å². The number of amides is 2. The minimum atomic E-state index is -0.289. The average molecular weight is 359 g/mol. The molecule has 3 aromatic rings. The number of aromatic nitrogens is 3. The van der Waals surface area contributed by atoms with Crippen LogP contribution in [0.5, 0.6) is 0 Å². The van der Waals surface area contributed by atoms with Gasteiger partial charge in [0.05, 0.1) is 17.7 Å². The van der Waals surface area contributed by atoms with Gasteiger partial charge < -0.3 is 10.6 Å². The molecule has 134 valence electrons. The van der Waals surface area contributed by atoms with Crippen LogP contribution in [0.1, 0.15) is 5.56 Å². The topological polar surface area (TPSA) is 121 Å². The standard InChI is InChI=1S/C19H17N7O/c1-11-2-3-22-8-15(11)13-4-14-6-17(24-25-18(14)16(21)5-13)23-19(27)26-9-12(7-20)10-26/h2-6,8,12H,9-10,21H2,1H3,(H,23,24,27). The molecule has 2 aromatic heterocycles. The predicted octanol–water partition coefficient (Wildman–Crippen LogP) is 2.57. The molecule has 4 rings (SSSR count). The molecule has 0 saturated carbocycles. The van der Waals surface area contributed by atoms with Gasteiger partial charge in [-0.05, 0) is 42.3 Å². The molecule has 0 spiro atoms. The maximum Gasteiger partial charge on any atom is 0.323 e. The molecule has 0 bridgehead atoms. The summed E-state index contributed by atoms with van der Waals surface area (Å²) in [7, 11) is 0. The minimum absolute atomic E-state index is 0.0940. The molecule has 8 nitrogen and oxygen atoms in total. The molecule has 1 aromatic carbocycles. The summed E-state index contributed by atoms with van der Waals surface area (Å²) in [4.78, 5) is 17.9. The van der Waals surface area contributed by atoms with Crippen molar-refractivity contribution >= 4 is 28.4 Å². The SMILES string of the molecule is Cc1ccncc1-c1cc(N)c2nnc(NC(=O)N3CC(C#N)C3)cc2c1. The van der Waals surface area contributed by atoms with E-state index < -0.39 is 0 Å². The zero-order chi connectivity index (χ0) is 19.0. The quantitative estimate of drug-likeness (QED) is 0.678. The van der Waals surface area contributed by atoms with E-state index in [4.69, 9.17) is 11.0 Å². The molecule has 3 N–H and O–H groups in total. The number of urea groups is 1. The number of nitrogens with zero attached hydrogens (tertiary/aromatic N) is 5. The summed E-state index contributed by atoms with van der Waals surface area (Å²) >= 11 is 0. The normalized spacial score (nSPS) is 13.9. The van der Waals surface area contributed by atoms with E-state index in [1.54, 1.807) is 23.4 Å². The number of benzene rings is 1. The number of nitriles is 1. The lowest BCUT2D eigenvalue weighted by Gasteiger charge is -2.34. The van der Waals surface area contributed by atoms with Gasteiger partial charge in [-0.2, -0.15) is 5.26 Å². The second-order valence-corrected chi connectivity index (χ2v) is 6.58. The Morgan fingerprint density at radius 2 is 2.15 bits per heavy atom. The van der Waals surface area contributed by atoms with Gasteiger partial charge in [-0.1, -0.05) is 0 Å². The van der Waals surface area contributed by atoms with Crippen LogP contribution in [-0.4, -0.2) is 39.2 Å². The third-order valence-corrected chi connectivity index (χ3v) is 4.66. The van der Waals surface area contributed by atoms with Crippen LogP contribution in [0.2, 0.25) is 0 Å². The molecule has 0 unspecified atom stereocenters. The van der Waals surface area contributed by atoms with Gasteiger partial charge in [0.2, 0.25) is 0 Å². The van der Waals surface area contributed by atoms with Crippen molar-refractivity contribution in [3.8, 4) is 17.2 Å². The Balaban J connectivity index is 1.64. The zero-order valence-electron chi connectivity index (χ0n) is 14.7. The van der Waals surface area contributed by atoms with Crippen molar-refractivity contribution < 1.29 is 4.79 Å². The van der Waals surface area contributed by atoms with Crippen LogP contribution >= 0.6 is 0 Å². The molecule has 1 saturated heterocycles. The maximum absolute atomic E-state index is 12.2. The number of nitrogens with one attached hydrogen (secondary N) is 1. The molecule has 0 radical (unpaired) electrons. The zero-order valence-corrected chi connectivity index (χ0v) is 14.7. The van der Waals surface area contributed by atoms with Crippen LogP contribution in [0.4, 0.5) is 16.3 Å². The number of aryl methyl sites for hydroxylation is 1. The van der Waals surface area contributed by atoms with E-state index in [2.05, 4.69) is 26.6 Å². The third kappa shape index (κ3) is 3.11. The molecule has 0 atom stereocenters. The number of anilines is 2. The van der Waals surface area contributed by atoms with E-state index in [1.165, 1.54) is 0 Å². The minimum Gasteiger partial charge on any atom is -0.397 e. The van der Waals surface area contributed by atoms with Gasteiger partial charge in [-0.3, -0.25) is 10.3 Å². The molecule has 1 aliphatic heterocycles. The molecule has 1 aliphatic rings. The lowest BCUT2D eigenvalue weighted by Crippen LogP contribution is -2.51. The second-order valence-electron chi connectivity index (χ2n) is 6.58. The van der Waals surface area contributed by atoms with Crippen molar-refractivity contribution in [3.63, 3.8) is 0 Å². The number of likely N-dealkylation sites (tertiary alicyclic amines) is 1. The summed E-state index contributed by atoms with van der Waals surface area (Å²) in [6.07, 6.45) is 3.54.